The Morgan fingerprint density at radius 2 is 1.15 bits per heavy atom. The van der Waals surface area contributed by atoms with Gasteiger partial charge in [0.1, 0.15) is 5.69 Å². The van der Waals surface area contributed by atoms with E-state index in [0.29, 0.717) is 0 Å². The molecule has 0 aromatic heterocycles. The molecule has 2 aromatic carbocycles. The summed E-state index contributed by atoms with van der Waals surface area (Å²) < 4.78 is 1.12. The second kappa shape index (κ2) is 12.2. The highest BCUT2D eigenvalue weighted by Gasteiger charge is 2.27. The zero-order valence-electron chi connectivity index (χ0n) is 18.2. The number of nitrogens with zero attached hydrogens (tertiary/aromatic N) is 1. The van der Waals surface area contributed by atoms with Crippen molar-refractivity contribution in [1.29, 1.82) is 0 Å². The van der Waals surface area contributed by atoms with Crippen LogP contribution in [0.2, 0.25) is 0 Å². The molecular formula is C26H42N+. The number of benzene rings is 2. The fraction of sp³-hybridized carbons (Fsp3) is 0.615. The molecule has 0 N–H and O–H groups in total. The summed E-state index contributed by atoms with van der Waals surface area (Å²) >= 11 is 0. The van der Waals surface area contributed by atoms with Crippen molar-refractivity contribution in [3.05, 3.63) is 42.5 Å². The number of hydrogen-bond donors (Lipinski definition) is 0. The first-order valence-corrected chi connectivity index (χ1v) is 11.6. The van der Waals surface area contributed by atoms with Crippen molar-refractivity contribution in [3.8, 4) is 0 Å². The first kappa shape index (κ1) is 22.0. The minimum Gasteiger partial charge on any atom is -0.291 e. The summed E-state index contributed by atoms with van der Waals surface area (Å²) in [6.45, 7) is 10.7. The predicted molar refractivity (Wildman–Crippen MR) is 124 cm³/mol. The molecule has 0 saturated carbocycles. The van der Waals surface area contributed by atoms with Crippen LogP contribution in [0.5, 0.6) is 0 Å². The van der Waals surface area contributed by atoms with Gasteiger partial charge in [-0.3, -0.25) is 4.48 Å². The van der Waals surface area contributed by atoms with E-state index in [0.717, 1.165) is 4.48 Å². The predicted octanol–water partition coefficient (Wildman–Crippen LogP) is 8.11. The van der Waals surface area contributed by atoms with Crippen LogP contribution in [0, 0.1) is 0 Å². The lowest BCUT2D eigenvalue weighted by Gasteiger charge is -2.37. The van der Waals surface area contributed by atoms with Crippen molar-refractivity contribution in [2.24, 2.45) is 0 Å². The molecule has 0 bridgehead atoms. The highest BCUT2D eigenvalue weighted by atomic mass is 15.3. The topological polar surface area (TPSA) is 0 Å². The van der Waals surface area contributed by atoms with Crippen molar-refractivity contribution >= 4 is 16.5 Å². The zero-order chi connectivity index (χ0) is 19.4. The molecule has 27 heavy (non-hydrogen) atoms. The van der Waals surface area contributed by atoms with E-state index in [9.17, 15) is 0 Å². The number of unbranched alkanes of at least 4 members (excludes halogenated alkanes) is 9. The van der Waals surface area contributed by atoms with E-state index >= 15 is 0 Å². The minimum absolute atomic E-state index is 1.12. The van der Waals surface area contributed by atoms with Crippen molar-refractivity contribution in [1.82, 2.24) is 4.48 Å². The fourth-order valence-electron chi connectivity index (χ4n) is 4.52. The third kappa shape index (κ3) is 6.35. The van der Waals surface area contributed by atoms with Crippen LogP contribution in [0.1, 0.15) is 85.0 Å². The lowest BCUT2D eigenvalue weighted by Crippen LogP contribution is -2.49. The Kier molecular flexibility index (Phi) is 9.91. The van der Waals surface area contributed by atoms with Crippen LogP contribution in [0.25, 0.3) is 10.8 Å². The summed E-state index contributed by atoms with van der Waals surface area (Å²) in [5.41, 5.74) is 1.52. The van der Waals surface area contributed by atoms with E-state index in [4.69, 9.17) is 0 Å². The standard InChI is InChI=1S/C26H42N/c1-4-7-8-9-10-11-12-13-14-17-23-27(5-2,6-3)26-22-18-20-24-19-15-16-21-25(24)26/h15-16,18-22H,4-14,17,23H2,1-3H3/q+1. The van der Waals surface area contributed by atoms with Crippen molar-refractivity contribution in [2.45, 2.75) is 85.0 Å². The third-order valence-corrected chi connectivity index (χ3v) is 6.43. The van der Waals surface area contributed by atoms with E-state index in [2.05, 4.69) is 63.2 Å². The molecule has 0 atom stereocenters. The molecule has 2 aromatic rings. The van der Waals surface area contributed by atoms with Gasteiger partial charge < -0.3 is 0 Å². The SMILES string of the molecule is CCCCCCCCCCCC[N+](CC)(CC)c1cccc2ccccc12. The Bertz CT molecular complexity index is 636. The van der Waals surface area contributed by atoms with Gasteiger partial charge in [-0.1, -0.05) is 88.6 Å². The summed E-state index contributed by atoms with van der Waals surface area (Å²) in [4.78, 5) is 0. The van der Waals surface area contributed by atoms with E-state index in [1.165, 1.54) is 100 Å². The summed E-state index contributed by atoms with van der Waals surface area (Å²) in [7, 11) is 0. The van der Waals surface area contributed by atoms with Gasteiger partial charge in [-0.15, -0.1) is 0 Å². The Balaban J connectivity index is 1.84. The second-order valence-electron chi connectivity index (χ2n) is 8.18. The van der Waals surface area contributed by atoms with E-state index in [1.807, 2.05) is 0 Å². The van der Waals surface area contributed by atoms with Crippen LogP contribution >= 0.6 is 0 Å². The van der Waals surface area contributed by atoms with Crippen molar-refractivity contribution in [3.63, 3.8) is 0 Å². The molecule has 1 nitrogen and oxygen atoms in total. The van der Waals surface area contributed by atoms with Gasteiger partial charge in [0.25, 0.3) is 0 Å². The van der Waals surface area contributed by atoms with Gasteiger partial charge in [0.15, 0.2) is 0 Å². The van der Waals surface area contributed by atoms with Crippen LogP contribution in [-0.4, -0.2) is 19.6 Å². The molecule has 0 radical (unpaired) electrons. The van der Waals surface area contributed by atoms with Crippen molar-refractivity contribution < 1.29 is 0 Å². The van der Waals surface area contributed by atoms with E-state index < -0.39 is 0 Å². The van der Waals surface area contributed by atoms with Crippen LogP contribution in [0.4, 0.5) is 5.69 Å². The number of quaternary nitrogens is 1. The van der Waals surface area contributed by atoms with E-state index in [1.54, 1.807) is 0 Å². The lowest BCUT2D eigenvalue weighted by atomic mass is 10.0. The van der Waals surface area contributed by atoms with Crippen LogP contribution in [0.3, 0.4) is 0 Å². The van der Waals surface area contributed by atoms with Crippen LogP contribution in [-0.2, 0) is 0 Å². The highest BCUT2D eigenvalue weighted by Crippen LogP contribution is 2.32. The van der Waals surface area contributed by atoms with Gasteiger partial charge in [0, 0.05) is 5.39 Å². The van der Waals surface area contributed by atoms with Gasteiger partial charge in [-0.05, 0) is 44.2 Å². The normalized spacial score (nSPS) is 12.0. The molecule has 1 heteroatoms. The fourth-order valence-corrected chi connectivity index (χ4v) is 4.52. The molecule has 0 aliphatic heterocycles. The first-order chi connectivity index (χ1) is 13.3. The summed E-state index contributed by atoms with van der Waals surface area (Å²) in [5, 5.41) is 2.82. The molecule has 0 saturated heterocycles. The maximum absolute atomic E-state index is 2.37. The minimum atomic E-state index is 1.12. The van der Waals surface area contributed by atoms with Gasteiger partial charge in [-0.25, -0.2) is 0 Å². The quantitative estimate of drug-likeness (QED) is 0.233. The Morgan fingerprint density at radius 3 is 1.78 bits per heavy atom. The second-order valence-corrected chi connectivity index (χ2v) is 8.18. The first-order valence-electron chi connectivity index (χ1n) is 11.6. The van der Waals surface area contributed by atoms with E-state index in [-0.39, 0.29) is 0 Å². The summed E-state index contributed by atoms with van der Waals surface area (Å²) in [5.74, 6) is 0. The molecule has 0 spiro atoms. The maximum Gasteiger partial charge on any atom is 0.140 e. The molecule has 150 valence electrons. The number of hydrogen-bond acceptors (Lipinski definition) is 0. The maximum atomic E-state index is 2.37. The van der Waals surface area contributed by atoms with Gasteiger partial charge >= 0.3 is 0 Å². The highest BCUT2D eigenvalue weighted by molar-refractivity contribution is 5.93. The largest absolute Gasteiger partial charge is 0.291 e. The molecule has 0 unspecified atom stereocenters. The van der Waals surface area contributed by atoms with Crippen LogP contribution in [0.15, 0.2) is 42.5 Å². The van der Waals surface area contributed by atoms with Gasteiger partial charge in [0.2, 0.25) is 0 Å². The molecular weight excluding hydrogens is 326 g/mol. The van der Waals surface area contributed by atoms with Gasteiger partial charge in [0.05, 0.1) is 19.6 Å². The lowest BCUT2D eigenvalue weighted by molar-refractivity contribution is 0.294. The average Bonchev–Trinajstić information content (AvgIpc) is 2.72. The van der Waals surface area contributed by atoms with Crippen molar-refractivity contribution in [2.75, 3.05) is 19.6 Å². The smallest absolute Gasteiger partial charge is 0.140 e. The average molecular weight is 369 g/mol. The molecule has 0 heterocycles. The Labute approximate surface area is 168 Å². The molecule has 0 fully saturated rings. The van der Waals surface area contributed by atoms with Gasteiger partial charge in [-0.2, -0.15) is 0 Å². The Hall–Kier alpha value is -1.34. The molecule has 0 aliphatic rings. The summed E-state index contributed by atoms with van der Waals surface area (Å²) in [6.07, 6.45) is 14.1. The monoisotopic (exact) mass is 368 g/mol. The molecule has 0 aliphatic carbocycles. The number of fused-ring (bicyclic) bond motifs is 1. The molecule has 0 amide bonds. The zero-order valence-corrected chi connectivity index (χ0v) is 18.2. The summed E-state index contributed by atoms with van der Waals surface area (Å²) in [6, 6.07) is 15.8. The molecule has 2 rings (SSSR count). The Morgan fingerprint density at radius 1 is 0.593 bits per heavy atom. The third-order valence-electron chi connectivity index (χ3n) is 6.43. The van der Waals surface area contributed by atoms with Crippen LogP contribution < -0.4 is 4.48 Å². The number of rotatable bonds is 14.